The predicted molar refractivity (Wildman–Crippen MR) is 86.6 cm³/mol. The zero-order valence-corrected chi connectivity index (χ0v) is 13.2. The van der Waals surface area contributed by atoms with E-state index in [1.165, 1.54) is 24.3 Å². The van der Waals surface area contributed by atoms with Crippen molar-refractivity contribution in [2.75, 3.05) is 0 Å². The maximum absolute atomic E-state index is 13.2. The van der Waals surface area contributed by atoms with E-state index in [-0.39, 0.29) is 9.23 Å². The molecule has 1 saturated heterocycles. The summed E-state index contributed by atoms with van der Waals surface area (Å²) in [4.78, 5) is 35.7. The first kappa shape index (κ1) is 17.1. The number of halogens is 1. The van der Waals surface area contributed by atoms with Crippen molar-refractivity contribution >= 4 is 52.2 Å². The van der Waals surface area contributed by atoms with Gasteiger partial charge in [0.1, 0.15) is 16.2 Å². The van der Waals surface area contributed by atoms with Gasteiger partial charge in [0.2, 0.25) is 5.91 Å². The Bertz CT molecular complexity index is 735. The van der Waals surface area contributed by atoms with Gasteiger partial charge in [-0.15, -0.1) is 0 Å². The Morgan fingerprint density at radius 2 is 2.17 bits per heavy atom. The maximum atomic E-state index is 13.2. The molecule has 0 bridgehead atoms. The second-order valence-electron chi connectivity index (χ2n) is 4.63. The molecule has 1 unspecified atom stereocenters. The molecule has 3 N–H and O–H groups in total. The van der Waals surface area contributed by atoms with Crippen LogP contribution in [0.1, 0.15) is 12.0 Å². The number of nitrogens with zero attached hydrogens (tertiary/aromatic N) is 1. The fourth-order valence-corrected chi connectivity index (χ4v) is 3.33. The van der Waals surface area contributed by atoms with Gasteiger partial charge in [-0.25, -0.2) is 9.18 Å². The van der Waals surface area contributed by atoms with E-state index in [4.69, 9.17) is 18.0 Å². The quantitative estimate of drug-likeness (QED) is 0.612. The first-order valence-electron chi connectivity index (χ1n) is 6.33. The van der Waals surface area contributed by atoms with Crippen LogP contribution >= 0.6 is 24.0 Å². The number of thiocarbonyl (C=S) groups is 1. The number of benzene rings is 1. The predicted octanol–water partition coefficient (Wildman–Crippen LogP) is 1.36. The number of carbonyl (C=O) groups excluding carboxylic acids is 2. The highest BCUT2D eigenvalue weighted by Gasteiger charge is 2.41. The van der Waals surface area contributed by atoms with E-state index in [0.717, 1.165) is 16.7 Å². The number of primary amides is 1. The number of carboxylic acids is 1. The number of rotatable bonds is 5. The summed E-state index contributed by atoms with van der Waals surface area (Å²) in [5.41, 5.74) is 5.46. The summed E-state index contributed by atoms with van der Waals surface area (Å²) in [5.74, 6) is -3.36. The van der Waals surface area contributed by atoms with Gasteiger partial charge in [-0.2, -0.15) is 0 Å². The molecule has 2 amide bonds. The Hall–Kier alpha value is -2.26. The first-order valence-corrected chi connectivity index (χ1v) is 7.56. The minimum Gasteiger partial charge on any atom is -0.480 e. The van der Waals surface area contributed by atoms with Crippen LogP contribution in [0, 0.1) is 5.82 Å². The van der Waals surface area contributed by atoms with E-state index in [1.54, 1.807) is 6.07 Å². The van der Waals surface area contributed by atoms with Gasteiger partial charge in [-0.05, 0) is 23.8 Å². The molecule has 0 saturated carbocycles. The van der Waals surface area contributed by atoms with Gasteiger partial charge in [0.05, 0.1) is 11.3 Å². The third kappa shape index (κ3) is 3.93. The summed E-state index contributed by atoms with van der Waals surface area (Å²) >= 11 is 5.91. The third-order valence-electron chi connectivity index (χ3n) is 2.96. The van der Waals surface area contributed by atoms with Gasteiger partial charge in [0.25, 0.3) is 5.91 Å². The zero-order chi connectivity index (χ0) is 17.1. The van der Waals surface area contributed by atoms with Crippen LogP contribution in [0.5, 0.6) is 0 Å². The van der Waals surface area contributed by atoms with E-state index in [1.807, 2.05) is 0 Å². The number of amides is 2. The fourth-order valence-electron chi connectivity index (χ4n) is 1.98. The van der Waals surface area contributed by atoms with Crippen LogP contribution < -0.4 is 5.73 Å². The fraction of sp³-hybridized carbons (Fsp3) is 0.143. The Morgan fingerprint density at radius 3 is 2.74 bits per heavy atom. The highest BCUT2D eigenvalue weighted by molar-refractivity contribution is 8.26. The van der Waals surface area contributed by atoms with Gasteiger partial charge < -0.3 is 10.8 Å². The number of hydrogen-bond acceptors (Lipinski definition) is 5. The minimum absolute atomic E-state index is 0.00584. The Labute approximate surface area is 140 Å². The van der Waals surface area contributed by atoms with E-state index in [0.29, 0.717) is 5.56 Å². The topological polar surface area (TPSA) is 101 Å². The molecule has 1 aromatic rings. The molecule has 9 heteroatoms. The summed E-state index contributed by atoms with van der Waals surface area (Å²) in [5, 5.41) is 9.19. The molecule has 0 aromatic heterocycles. The summed E-state index contributed by atoms with van der Waals surface area (Å²) in [6.07, 6.45) is 0.862. The molecule has 6 nitrogen and oxygen atoms in total. The molecular weight excluding hydrogens is 343 g/mol. The first-order chi connectivity index (χ1) is 10.8. The number of carboxylic acid groups (broad SMARTS) is 1. The minimum atomic E-state index is -1.46. The molecule has 1 aliphatic heterocycles. The normalized spacial score (nSPS) is 17.6. The Morgan fingerprint density at radius 1 is 1.48 bits per heavy atom. The average molecular weight is 354 g/mol. The maximum Gasteiger partial charge on any atom is 0.327 e. The van der Waals surface area contributed by atoms with Crippen molar-refractivity contribution in [3.63, 3.8) is 0 Å². The van der Waals surface area contributed by atoms with Crippen molar-refractivity contribution in [2.45, 2.75) is 12.5 Å². The van der Waals surface area contributed by atoms with Crippen LogP contribution in [0.3, 0.4) is 0 Å². The number of hydrogen-bond donors (Lipinski definition) is 2. The monoisotopic (exact) mass is 354 g/mol. The SMILES string of the molecule is NC(=O)CC(C(=O)O)N1C(=O)/C(=C/c2cccc(F)c2)SC1=S. The van der Waals surface area contributed by atoms with Gasteiger partial charge in [-0.3, -0.25) is 14.5 Å². The lowest BCUT2D eigenvalue weighted by Gasteiger charge is -2.21. The summed E-state index contributed by atoms with van der Waals surface area (Å²) < 4.78 is 13.2. The number of carbonyl (C=O) groups is 3. The number of thioether (sulfide) groups is 1. The van der Waals surface area contributed by atoms with E-state index < -0.39 is 36.1 Å². The van der Waals surface area contributed by atoms with E-state index >= 15 is 0 Å². The second-order valence-corrected chi connectivity index (χ2v) is 6.31. The molecule has 23 heavy (non-hydrogen) atoms. The number of aliphatic carboxylic acids is 1. The molecule has 0 aliphatic carbocycles. The standard InChI is InChI=1S/C14H11FN2O4S2/c15-8-3-1-2-7(4-8)5-10-12(19)17(14(22)23-10)9(13(20)21)6-11(16)18/h1-5,9H,6H2,(H2,16,18)(H,20,21)/b10-5-. The lowest BCUT2D eigenvalue weighted by molar-refractivity contribution is -0.146. The summed E-state index contributed by atoms with van der Waals surface area (Å²) in [6.45, 7) is 0. The van der Waals surface area contributed by atoms with Crippen LogP contribution in [0.4, 0.5) is 4.39 Å². The van der Waals surface area contributed by atoms with Gasteiger partial charge in [0, 0.05) is 0 Å². The van der Waals surface area contributed by atoms with Crippen LogP contribution in [0.15, 0.2) is 29.2 Å². The van der Waals surface area contributed by atoms with Crippen molar-refractivity contribution in [1.82, 2.24) is 4.90 Å². The summed E-state index contributed by atoms with van der Waals surface area (Å²) in [6, 6.07) is 4.10. The Balaban J connectivity index is 2.32. The van der Waals surface area contributed by atoms with Crippen LogP contribution in [0.2, 0.25) is 0 Å². The molecule has 1 atom stereocenters. The Kier molecular flexibility index (Phi) is 5.12. The van der Waals surface area contributed by atoms with Crippen molar-refractivity contribution in [2.24, 2.45) is 5.73 Å². The highest BCUT2D eigenvalue weighted by atomic mass is 32.2. The van der Waals surface area contributed by atoms with E-state index in [2.05, 4.69) is 0 Å². The molecule has 2 rings (SSSR count). The second kappa shape index (κ2) is 6.88. The van der Waals surface area contributed by atoms with Crippen molar-refractivity contribution in [3.8, 4) is 0 Å². The molecule has 1 fully saturated rings. The smallest absolute Gasteiger partial charge is 0.327 e. The van der Waals surface area contributed by atoms with Crippen molar-refractivity contribution in [1.29, 1.82) is 0 Å². The highest BCUT2D eigenvalue weighted by Crippen LogP contribution is 2.34. The van der Waals surface area contributed by atoms with Crippen molar-refractivity contribution in [3.05, 3.63) is 40.6 Å². The van der Waals surface area contributed by atoms with Crippen LogP contribution in [-0.2, 0) is 14.4 Å². The van der Waals surface area contributed by atoms with Crippen LogP contribution in [-0.4, -0.2) is 38.2 Å². The largest absolute Gasteiger partial charge is 0.480 e. The summed E-state index contributed by atoms with van der Waals surface area (Å²) in [7, 11) is 0. The van der Waals surface area contributed by atoms with Gasteiger partial charge in [-0.1, -0.05) is 36.1 Å². The lowest BCUT2D eigenvalue weighted by Crippen LogP contribution is -2.46. The van der Waals surface area contributed by atoms with Crippen molar-refractivity contribution < 1.29 is 23.9 Å². The van der Waals surface area contributed by atoms with Crippen LogP contribution in [0.25, 0.3) is 6.08 Å². The molecule has 0 radical (unpaired) electrons. The number of nitrogens with two attached hydrogens (primary N) is 1. The van der Waals surface area contributed by atoms with E-state index in [9.17, 15) is 23.9 Å². The molecule has 1 heterocycles. The van der Waals surface area contributed by atoms with Gasteiger partial charge >= 0.3 is 5.97 Å². The lowest BCUT2D eigenvalue weighted by atomic mass is 10.1. The van der Waals surface area contributed by atoms with Gasteiger partial charge in [0.15, 0.2) is 0 Å². The zero-order valence-electron chi connectivity index (χ0n) is 11.6. The molecular formula is C14H11FN2O4S2. The molecule has 1 aliphatic rings. The molecule has 120 valence electrons. The molecule has 1 aromatic carbocycles. The molecule has 0 spiro atoms. The third-order valence-corrected chi connectivity index (χ3v) is 4.29. The average Bonchev–Trinajstić information content (AvgIpc) is 2.71.